The van der Waals surface area contributed by atoms with Crippen LogP contribution in [0.1, 0.15) is 80.1 Å². The minimum atomic E-state index is -0.305. The van der Waals surface area contributed by atoms with Crippen molar-refractivity contribution in [1.29, 1.82) is 0 Å². The summed E-state index contributed by atoms with van der Waals surface area (Å²) >= 11 is 0. The Hall–Kier alpha value is -2.67. The molecular weight excluding hydrogens is 352 g/mol. The smallest absolute Gasteiger partial charge is 0.174 e. The van der Waals surface area contributed by atoms with E-state index in [0.717, 1.165) is 16.7 Å². The highest BCUT2D eigenvalue weighted by molar-refractivity contribution is 6.03. The van der Waals surface area contributed by atoms with Gasteiger partial charge in [0.25, 0.3) is 0 Å². The van der Waals surface area contributed by atoms with Crippen LogP contribution in [0.2, 0.25) is 0 Å². The summed E-state index contributed by atoms with van der Waals surface area (Å²) in [5, 5.41) is 0. The first-order chi connectivity index (χ1) is 13.6. The summed E-state index contributed by atoms with van der Waals surface area (Å²) in [5.74, 6) is -0.168. The Kier molecular flexibility index (Phi) is 5.80. The summed E-state index contributed by atoms with van der Waals surface area (Å²) in [6, 6.07) is 26.7. The lowest BCUT2D eigenvalue weighted by Gasteiger charge is -2.23. The highest BCUT2D eigenvalue weighted by Crippen LogP contribution is 2.32. The molecule has 0 atom stereocenters. The van der Waals surface area contributed by atoms with Crippen molar-refractivity contribution in [3.8, 4) is 0 Å². The van der Waals surface area contributed by atoms with E-state index in [4.69, 9.17) is 0 Å². The second-order valence-corrected chi connectivity index (χ2v) is 9.91. The number of carbonyl (C=O) groups is 1. The van der Waals surface area contributed by atoms with Gasteiger partial charge in [0.05, 0.1) is 5.92 Å². The number of rotatable bonds is 4. The highest BCUT2D eigenvalue weighted by atomic mass is 16.1. The van der Waals surface area contributed by atoms with Crippen molar-refractivity contribution in [2.45, 2.75) is 58.3 Å². The van der Waals surface area contributed by atoms with E-state index in [1.165, 1.54) is 11.1 Å². The molecule has 0 heterocycles. The fourth-order valence-corrected chi connectivity index (χ4v) is 3.62. The summed E-state index contributed by atoms with van der Waals surface area (Å²) in [6.45, 7) is 13.2. The van der Waals surface area contributed by atoms with Gasteiger partial charge in [0, 0.05) is 5.56 Å². The first-order valence-corrected chi connectivity index (χ1v) is 10.4. The second-order valence-electron chi connectivity index (χ2n) is 9.91. The van der Waals surface area contributed by atoms with Crippen molar-refractivity contribution in [3.63, 3.8) is 0 Å². The van der Waals surface area contributed by atoms with E-state index in [1.54, 1.807) is 0 Å². The van der Waals surface area contributed by atoms with Crippen LogP contribution in [0.4, 0.5) is 0 Å². The molecule has 0 aromatic heterocycles. The zero-order chi connectivity index (χ0) is 21.2. The molecule has 1 heteroatoms. The predicted octanol–water partition coefficient (Wildman–Crippen LogP) is 7.30. The van der Waals surface area contributed by atoms with Crippen LogP contribution in [-0.4, -0.2) is 5.78 Å². The van der Waals surface area contributed by atoms with E-state index in [0.29, 0.717) is 0 Å². The van der Waals surface area contributed by atoms with Crippen molar-refractivity contribution in [3.05, 3.63) is 107 Å². The number of Topliss-reactive ketones (excluding diaryl/α,β-unsaturated/α-hetero) is 1. The lowest BCUT2D eigenvalue weighted by molar-refractivity contribution is 0.0974. The van der Waals surface area contributed by atoms with Gasteiger partial charge in [0.1, 0.15) is 0 Å². The molecule has 0 unspecified atom stereocenters. The molecule has 0 saturated heterocycles. The minimum Gasteiger partial charge on any atom is -0.293 e. The van der Waals surface area contributed by atoms with Crippen LogP contribution in [0.5, 0.6) is 0 Å². The Morgan fingerprint density at radius 1 is 0.586 bits per heavy atom. The van der Waals surface area contributed by atoms with Gasteiger partial charge in [-0.25, -0.2) is 0 Å². The van der Waals surface area contributed by atoms with Crippen molar-refractivity contribution < 1.29 is 4.79 Å². The van der Waals surface area contributed by atoms with E-state index < -0.39 is 0 Å². The average molecular weight is 385 g/mol. The third kappa shape index (κ3) is 4.85. The van der Waals surface area contributed by atoms with Crippen LogP contribution in [0.3, 0.4) is 0 Å². The summed E-state index contributed by atoms with van der Waals surface area (Å²) < 4.78 is 0. The summed E-state index contributed by atoms with van der Waals surface area (Å²) in [4.78, 5) is 13.5. The first-order valence-electron chi connectivity index (χ1n) is 10.4. The van der Waals surface area contributed by atoms with E-state index in [-0.39, 0.29) is 22.5 Å². The SMILES string of the molecule is CC(C)(C)c1ccc(C(C(=O)c2ccccc2)c2ccc(C(C)(C)C)cc2)cc1. The Balaban J connectivity index is 2.06. The highest BCUT2D eigenvalue weighted by Gasteiger charge is 2.25. The van der Waals surface area contributed by atoms with E-state index in [2.05, 4.69) is 90.1 Å². The lowest BCUT2D eigenvalue weighted by atomic mass is 9.80. The molecule has 1 nitrogen and oxygen atoms in total. The molecule has 29 heavy (non-hydrogen) atoms. The van der Waals surface area contributed by atoms with Gasteiger partial charge in [-0.05, 0) is 33.1 Å². The Labute approximate surface area is 175 Å². The Morgan fingerprint density at radius 2 is 0.966 bits per heavy atom. The van der Waals surface area contributed by atoms with Gasteiger partial charge in [0.15, 0.2) is 5.78 Å². The normalized spacial score (nSPS) is 12.2. The maximum Gasteiger partial charge on any atom is 0.174 e. The van der Waals surface area contributed by atoms with Crippen LogP contribution < -0.4 is 0 Å². The van der Waals surface area contributed by atoms with Crippen LogP contribution >= 0.6 is 0 Å². The molecule has 0 saturated carbocycles. The van der Waals surface area contributed by atoms with Crippen molar-refractivity contribution in [2.24, 2.45) is 0 Å². The maximum atomic E-state index is 13.5. The fourth-order valence-electron chi connectivity index (χ4n) is 3.62. The molecule has 0 spiro atoms. The lowest BCUT2D eigenvalue weighted by Crippen LogP contribution is -2.17. The molecule has 0 bridgehead atoms. The first kappa shape index (κ1) is 21.0. The van der Waals surface area contributed by atoms with Crippen LogP contribution in [0.15, 0.2) is 78.9 Å². The minimum absolute atomic E-state index is 0.0891. The number of carbonyl (C=O) groups excluding carboxylic acids is 1. The molecule has 0 aliphatic rings. The van der Waals surface area contributed by atoms with Crippen molar-refractivity contribution in [1.82, 2.24) is 0 Å². The molecule has 0 N–H and O–H groups in total. The van der Waals surface area contributed by atoms with E-state index >= 15 is 0 Å². The number of benzene rings is 3. The molecule has 0 aliphatic carbocycles. The van der Waals surface area contributed by atoms with Gasteiger partial charge >= 0.3 is 0 Å². The number of hydrogen-bond acceptors (Lipinski definition) is 1. The van der Waals surface area contributed by atoms with Gasteiger partial charge in [-0.3, -0.25) is 4.79 Å². The van der Waals surface area contributed by atoms with Crippen molar-refractivity contribution in [2.75, 3.05) is 0 Å². The molecule has 3 rings (SSSR count). The van der Waals surface area contributed by atoms with E-state index in [1.807, 2.05) is 30.3 Å². The topological polar surface area (TPSA) is 17.1 Å². The third-order valence-electron chi connectivity index (χ3n) is 5.54. The molecule has 3 aromatic carbocycles. The van der Waals surface area contributed by atoms with Gasteiger partial charge in [-0.2, -0.15) is 0 Å². The standard InChI is InChI=1S/C28H32O/c1-27(2,3)23-16-12-20(13-17-23)25(26(29)22-10-8-7-9-11-22)21-14-18-24(19-15-21)28(4,5)6/h7-19,25H,1-6H3. The molecule has 150 valence electrons. The summed E-state index contributed by atoms with van der Waals surface area (Å²) in [7, 11) is 0. The maximum absolute atomic E-state index is 13.5. The average Bonchev–Trinajstić information content (AvgIpc) is 2.68. The molecular formula is C28H32O. The van der Waals surface area contributed by atoms with Gasteiger partial charge in [-0.1, -0.05) is 120 Å². The van der Waals surface area contributed by atoms with Crippen LogP contribution in [-0.2, 0) is 10.8 Å². The fraction of sp³-hybridized carbons (Fsp3) is 0.321. The predicted molar refractivity (Wildman–Crippen MR) is 123 cm³/mol. The Morgan fingerprint density at radius 3 is 1.31 bits per heavy atom. The summed E-state index contributed by atoms with van der Waals surface area (Å²) in [6.07, 6.45) is 0. The third-order valence-corrected chi connectivity index (χ3v) is 5.54. The zero-order valence-corrected chi connectivity index (χ0v) is 18.5. The monoisotopic (exact) mass is 384 g/mol. The quantitative estimate of drug-likeness (QED) is 0.431. The molecule has 3 aromatic rings. The van der Waals surface area contributed by atoms with Crippen molar-refractivity contribution >= 4 is 5.78 Å². The van der Waals surface area contributed by atoms with E-state index in [9.17, 15) is 4.79 Å². The molecule has 0 amide bonds. The second kappa shape index (κ2) is 7.99. The largest absolute Gasteiger partial charge is 0.293 e. The number of hydrogen-bond donors (Lipinski definition) is 0. The van der Waals surface area contributed by atoms with Crippen LogP contribution in [0.25, 0.3) is 0 Å². The molecule has 0 fully saturated rings. The molecule has 0 radical (unpaired) electrons. The zero-order valence-electron chi connectivity index (χ0n) is 18.5. The molecule has 0 aliphatic heterocycles. The van der Waals surface area contributed by atoms with Gasteiger partial charge in [-0.15, -0.1) is 0 Å². The Bertz CT molecular complexity index is 893. The number of ketones is 1. The summed E-state index contributed by atoms with van der Waals surface area (Å²) in [5.41, 5.74) is 5.55. The van der Waals surface area contributed by atoms with Gasteiger partial charge in [0.2, 0.25) is 0 Å². The van der Waals surface area contributed by atoms with Crippen LogP contribution in [0, 0.1) is 0 Å². The van der Waals surface area contributed by atoms with Gasteiger partial charge < -0.3 is 0 Å².